The van der Waals surface area contributed by atoms with Crippen molar-refractivity contribution >= 4 is 0 Å². The fourth-order valence-corrected chi connectivity index (χ4v) is 2.15. The van der Waals surface area contributed by atoms with E-state index in [4.69, 9.17) is 9.47 Å². The highest BCUT2D eigenvalue weighted by atomic mass is 16.5. The van der Waals surface area contributed by atoms with Gasteiger partial charge in [0.05, 0.1) is 14.2 Å². The summed E-state index contributed by atoms with van der Waals surface area (Å²) < 4.78 is 10.6. The van der Waals surface area contributed by atoms with Crippen LogP contribution in [0.4, 0.5) is 0 Å². The smallest absolute Gasteiger partial charge is 0.161 e. The van der Waals surface area contributed by atoms with Crippen molar-refractivity contribution in [2.75, 3.05) is 21.3 Å². The van der Waals surface area contributed by atoms with E-state index in [-0.39, 0.29) is 0 Å². The third-order valence-electron chi connectivity index (χ3n) is 3.08. The summed E-state index contributed by atoms with van der Waals surface area (Å²) in [5.41, 5.74) is 2.39. The summed E-state index contributed by atoms with van der Waals surface area (Å²) in [6.07, 6.45) is 3.68. The lowest BCUT2D eigenvalue weighted by Gasteiger charge is -2.17. The van der Waals surface area contributed by atoms with Crippen LogP contribution in [0.15, 0.2) is 42.7 Å². The second kappa shape index (κ2) is 6.91. The number of benzene rings is 1. The van der Waals surface area contributed by atoms with Gasteiger partial charge in [0.1, 0.15) is 0 Å². The summed E-state index contributed by atoms with van der Waals surface area (Å²) >= 11 is 0. The zero-order chi connectivity index (χ0) is 14.4. The Morgan fingerprint density at radius 1 is 1.00 bits per heavy atom. The number of rotatable bonds is 6. The molecule has 0 spiro atoms. The van der Waals surface area contributed by atoms with Gasteiger partial charge < -0.3 is 9.47 Å². The summed E-state index contributed by atoms with van der Waals surface area (Å²) in [4.78, 5) is 6.37. The molecule has 2 aromatic rings. The lowest BCUT2D eigenvalue weighted by atomic mass is 10.2. The van der Waals surface area contributed by atoms with Crippen LogP contribution in [0.3, 0.4) is 0 Å². The van der Waals surface area contributed by atoms with E-state index >= 15 is 0 Å². The predicted octanol–water partition coefficient (Wildman–Crippen LogP) is 2.73. The molecule has 0 saturated heterocycles. The van der Waals surface area contributed by atoms with Crippen molar-refractivity contribution in [3.63, 3.8) is 0 Å². The number of hydrogen-bond donors (Lipinski definition) is 0. The van der Waals surface area contributed by atoms with E-state index in [1.54, 1.807) is 20.4 Å². The molecule has 1 heterocycles. The molecule has 0 N–H and O–H groups in total. The quantitative estimate of drug-likeness (QED) is 0.810. The predicted molar refractivity (Wildman–Crippen MR) is 79.0 cm³/mol. The lowest BCUT2D eigenvalue weighted by molar-refractivity contribution is 0.316. The van der Waals surface area contributed by atoms with Crippen molar-refractivity contribution < 1.29 is 9.47 Å². The average molecular weight is 272 g/mol. The van der Waals surface area contributed by atoms with Crippen molar-refractivity contribution in [1.29, 1.82) is 0 Å². The van der Waals surface area contributed by atoms with Crippen LogP contribution in [0.1, 0.15) is 11.1 Å². The Morgan fingerprint density at radius 2 is 1.75 bits per heavy atom. The molecule has 20 heavy (non-hydrogen) atoms. The second-order valence-electron chi connectivity index (χ2n) is 4.72. The maximum absolute atomic E-state index is 5.32. The maximum atomic E-state index is 5.32. The molecule has 0 aliphatic rings. The summed E-state index contributed by atoms with van der Waals surface area (Å²) in [6.45, 7) is 1.71. The molecule has 0 atom stereocenters. The van der Waals surface area contributed by atoms with Crippen molar-refractivity contribution in [3.8, 4) is 11.5 Å². The van der Waals surface area contributed by atoms with Crippen LogP contribution in [-0.2, 0) is 13.1 Å². The Hall–Kier alpha value is -2.07. The van der Waals surface area contributed by atoms with Gasteiger partial charge in [-0.25, -0.2) is 0 Å². The molecule has 0 saturated carbocycles. The van der Waals surface area contributed by atoms with Crippen molar-refractivity contribution in [1.82, 2.24) is 9.88 Å². The van der Waals surface area contributed by atoms with Crippen molar-refractivity contribution in [3.05, 3.63) is 53.9 Å². The Morgan fingerprint density at radius 3 is 2.40 bits per heavy atom. The summed E-state index contributed by atoms with van der Waals surface area (Å²) in [5, 5.41) is 0. The first-order valence-corrected chi connectivity index (χ1v) is 6.51. The Bertz CT molecular complexity index is 543. The first kappa shape index (κ1) is 14.3. The van der Waals surface area contributed by atoms with Crippen LogP contribution in [0, 0.1) is 0 Å². The monoisotopic (exact) mass is 272 g/mol. The lowest BCUT2D eigenvalue weighted by Crippen LogP contribution is -2.17. The van der Waals surface area contributed by atoms with Gasteiger partial charge in [0.25, 0.3) is 0 Å². The van der Waals surface area contributed by atoms with Crippen LogP contribution in [-0.4, -0.2) is 31.2 Å². The SMILES string of the molecule is COc1ccc(CN(C)Cc2cccnc2)cc1OC. The number of pyridine rings is 1. The van der Waals surface area contributed by atoms with Crippen LogP contribution in [0.25, 0.3) is 0 Å². The largest absolute Gasteiger partial charge is 0.493 e. The van der Waals surface area contributed by atoms with Crippen molar-refractivity contribution in [2.24, 2.45) is 0 Å². The van der Waals surface area contributed by atoms with E-state index in [9.17, 15) is 0 Å². The Kier molecular flexibility index (Phi) is 4.96. The van der Waals surface area contributed by atoms with Gasteiger partial charge in [0.2, 0.25) is 0 Å². The molecule has 0 aliphatic carbocycles. The molecule has 0 amide bonds. The molecule has 0 unspecified atom stereocenters. The van der Waals surface area contributed by atoms with Gasteiger partial charge in [-0.2, -0.15) is 0 Å². The number of ether oxygens (including phenoxy) is 2. The zero-order valence-corrected chi connectivity index (χ0v) is 12.2. The third-order valence-corrected chi connectivity index (χ3v) is 3.08. The molecule has 0 fully saturated rings. The number of aromatic nitrogens is 1. The van der Waals surface area contributed by atoms with E-state index in [1.807, 2.05) is 24.4 Å². The first-order chi connectivity index (χ1) is 9.72. The van der Waals surface area contributed by atoms with Gasteiger partial charge in [-0.05, 0) is 36.4 Å². The normalized spacial score (nSPS) is 10.6. The Balaban J connectivity index is 2.02. The molecular weight excluding hydrogens is 252 g/mol. The Labute approximate surface area is 120 Å². The molecule has 0 aliphatic heterocycles. The van der Waals surface area contributed by atoms with Gasteiger partial charge in [-0.15, -0.1) is 0 Å². The number of hydrogen-bond acceptors (Lipinski definition) is 4. The van der Waals surface area contributed by atoms with Crippen LogP contribution in [0.2, 0.25) is 0 Å². The van der Waals surface area contributed by atoms with E-state index in [1.165, 1.54) is 11.1 Å². The summed E-state index contributed by atoms with van der Waals surface area (Å²) in [7, 11) is 5.39. The van der Waals surface area contributed by atoms with Gasteiger partial charge in [0.15, 0.2) is 11.5 Å². The molecule has 4 heteroatoms. The van der Waals surface area contributed by atoms with Crippen molar-refractivity contribution in [2.45, 2.75) is 13.1 Å². The van der Waals surface area contributed by atoms with E-state index in [2.05, 4.69) is 29.1 Å². The van der Waals surface area contributed by atoms with E-state index < -0.39 is 0 Å². The number of nitrogens with zero attached hydrogens (tertiary/aromatic N) is 2. The molecule has 106 valence electrons. The summed E-state index contributed by atoms with van der Waals surface area (Å²) in [5.74, 6) is 1.52. The van der Waals surface area contributed by atoms with E-state index in [0.29, 0.717) is 0 Å². The van der Waals surface area contributed by atoms with Crippen LogP contribution in [0.5, 0.6) is 11.5 Å². The molecule has 2 rings (SSSR count). The topological polar surface area (TPSA) is 34.6 Å². The van der Waals surface area contributed by atoms with E-state index in [0.717, 1.165) is 24.6 Å². The second-order valence-corrected chi connectivity index (χ2v) is 4.72. The minimum Gasteiger partial charge on any atom is -0.493 e. The molecular formula is C16H20N2O2. The highest BCUT2D eigenvalue weighted by Gasteiger charge is 2.07. The third kappa shape index (κ3) is 3.71. The highest BCUT2D eigenvalue weighted by molar-refractivity contribution is 5.42. The standard InChI is InChI=1S/C16H20N2O2/c1-18(12-14-5-4-8-17-10-14)11-13-6-7-15(19-2)16(9-13)20-3/h4-10H,11-12H2,1-3H3. The van der Waals surface area contributed by atoms with Crippen LogP contribution < -0.4 is 9.47 Å². The fourth-order valence-electron chi connectivity index (χ4n) is 2.15. The molecule has 1 aromatic carbocycles. The minimum absolute atomic E-state index is 0.756. The van der Waals surface area contributed by atoms with Crippen LogP contribution >= 0.6 is 0 Å². The van der Waals surface area contributed by atoms with Gasteiger partial charge in [-0.3, -0.25) is 9.88 Å². The maximum Gasteiger partial charge on any atom is 0.161 e. The summed E-state index contributed by atoms with van der Waals surface area (Å²) in [6, 6.07) is 10.0. The number of methoxy groups -OCH3 is 2. The fraction of sp³-hybridized carbons (Fsp3) is 0.312. The van der Waals surface area contributed by atoms with Gasteiger partial charge in [0, 0.05) is 25.5 Å². The van der Waals surface area contributed by atoms with Gasteiger partial charge in [-0.1, -0.05) is 12.1 Å². The molecule has 4 nitrogen and oxygen atoms in total. The molecule has 1 aromatic heterocycles. The molecule has 0 radical (unpaired) electrons. The highest BCUT2D eigenvalue weighted by Crippen LogP contribution is 2.28. The zero-order valence-electron chi connectivity index (χ0n) is 12.2. The minimum atomic E-state index is 0.756. The average Bonchev–Trinajstić information content (AvgIpc) is 2.48. The first-order valence-electron chi connectivity index (χ1n) is 6.51. The van der Waals surface area contributed by atoms with Gasteiger partial charge >= 0.3 is 0 Å². The molecule has 0 bridgehead atoms.